The van der Waals surface area contributed by atoms with Crippen molar-refractivity contribution in [1.82, 2.24) is 10.2 Å². The molecule has 9 heteroatoms. The summed E-state index contributed by atoms with van der Waals surface area (Å²) in [6.07, 6.45) is 0.479. The van der Waals surface area contributed by atoms with Crippen LogP contribution in [-0.2, 0) is 19.1 Å². The molecular formula is C21H25N3O5S. The maximum absolute atomic E-state index is 12.0. The first-order valence-electron chi connectivity index (χ1n) is 9.41. The van der Waals surface area contributed by atoms with Crippen LogP contribution >= 0.6 is 11.3 Å². The molecule has 0 radical (unpaired) electrons. The van der Waals surface area contributed by atoms with Crippen LogP contribution in [0.15, 0.2) is 41.1 Å². The summed E-state index contributed by atoms with van der Waals surface area (Å²) in [7, 11) is 1.46. The largest absolute Gasteiger partial charge is 0.456 e. The van der Waals surface area contributed by atoms with Gasteiger partial charge in [0.05, 0.1) is 6.54 Å². The Kier molecular flexibility index (Phi) is 9.02. The van der Waals surface area contributed by atoms with Crippen LogP contribution in [0.1, 0.15) is 28.8 Å². The van der Waals surface area contributed by atoms with E-state index in [9.17, 15) is 19.2 Å². The number of hydrogen-bond acceptors (Lipinski definition) is 6. The minimum absolute atomic E-state index is 0.0782. The van der Waals surface area contributed by atoms with Gasteiger partial charge in [0.2, 0.25) is 5.91 Å². The fourth-order valence-electron chi connectivity index (χ4n) is 2.40. The van der Waals surface area contributed by atoms with E-state index in [1.54, 1.807) is 23.6 Å². The van der Waals surface area contributed by atoms with Crippen LogP contribution in [0.3, 0.4) is 0 Å². The lowest BCUT2D eigenvalue weighted by Gasteiger charge is -2.17. The molecule has 1 heterocycles. The van der Waals surface area contributed by atoms with E-state index in [1.165, 1.54) is 23.3 Å². The summed E-state index contributed by atoms with van der Waals surface area (Å²) in [6.45, 7) is 1.69. The molecule has 0 unspecified atom stereocenters. The van der Waals surface area contributed by atoms with Gasteiger partial charge in [-0.1, -0.05) is 17.7 Å². The maximum atomic E-state index is 12.0. The van der Waals surface area contributed by atoms with Crippen molar-refractivity contribution in [2.45, 2.75) is 19.8 Å². The van der Waals surface area contributed by atoms with Gasteiger partial charge in [-0.05, 0) is 36.9 Å². The summed E-state index contributed by atoms with van der Waals surface area (Å²) in [5.41, 5.74) is 2.30. The van der Waals surface area contributed by atoms with Crippen LogP contribution in [0.4, 0.5) is 5.69 Å². The number of amides is 3. The van der Waals surface area contributed by atoms with Crippen LogP contribution in [0, 0.1) is 6.92 Å². The van der Waals surface area contributed by atoms with E-state index in [0.29, 0.717) is 24.2 Å². The van der Waals surface area contributed by atoms with Gasteiger partial charge in [0.15, 0.2) is 6.61 Å². The second kappa shape index (κ2) is 11.7. The summed E-state index contributed by atoms with van der Waals surface area (Å²) >= 11 is 1.43. The first-order valence-corrected chi connectivity index (χ1v) is 10.4. The molecular weight excluding hydrogens is 406 g/mol. The van der Waals surface area contributed by atoms with Crippen molar-refractivity contribution in [1.29, 1.82) is 0 Å². The van der Waals surface area contributed by atoms with Crippen molar-refractivity contribution < 1.29 is 23.9 Å². The van der Waals surface area contributed by atoms with Crippen LogP contribution in [-0.4, -0.2) is 55.3 Å². The molecule has 0 aliphatic rings. The van der Waals surface area contributed by atoms with Gasteiger partial charge >= 0.3 is 5.97 Å². The average molecular weight is 432 g/mol. The van der Waals surface area contributed by atoms with Gasteiger partial charge in [0, 0.05) is 36.6 Å². The Labute approximate surface area is 179 Å². The smallest absolute Gasteiger partial charge is 0.306 e. The van der Waals surface area contributed by atoms with E-state index in [0.717, 1.165) is 5.56 Å². The molecule has 8 nitrogen and oxygen atoms in total. The van der Waals surface area contributed by atoms with E-state index < -0.39 is 18.5 Å². The number of carbonyl (C=O) groups excluding carboxylic acids is 4. The van der Waals surface area contributed by atoms with Crippen molar-refractivity contribution in [3.8, 4) is 0 Å². The molecule has 0 spiro atoms. The lowest BCUT2D eigenvalue weighted by molar-refractivity contribution is -0.151. The average Bonchev–Trinajstić information content (AvgIpc) is 3.26. The fraction of sp³-hybridized carbons (Fsp3) is 0.333. The number of nitrogens with zero attached hydrogens (tertiary/aromatic N) is 1. The second-order valence-corrected chi connectivity index (χ2v) is 7.48. The third kappa shape index (κ3) is 8.04. The lowest BCUT2D eigenvalue weighted by Crippen LogP contribution is -2.37. The third-order valence-electron chi connectivity index (χ3n) is 4.13. The zero-order chi connectivity index (χ0) is 21.9. The molecule has 1 aromatic heterocycles. The Bertz CT molecular complexity index is 865. The number of nitrogens with one attached hydrogen (secondary N) is 2. The van der Waals surface area contributed by atoms with Gasteiger partial charge in [-0.3, -0.25) is 19.2 Å². The van der Waals surface area contributed by atoms with E-state index in [4.69, 9.17) is 4.74 Å². The molecule has 2 rings (SSSR count). The van der Waals surface area contributed by atoms with Gasteiger partial charge in [-0.25, -0.2) is 0 Å². The van der Waals surface area contributed by atoms with Gasteiger partial charge in [0.1, 0.15) is 0 Å². The molecule has 0 saturated heterocycles. The Morgan fingerprint density at radius 1 is 1.10 bits per heavy atom. The van der Waals surface area contributed by atoms with Crippen LogP contribution in [0.2, 0.25) is 0 Å². The van der Waals surface area contributed by atoms with Crippen molar-refractivity contribution in [2.24, 2.45) is 0 Å². The first kappa shape index (κ1) is 23.1. The number of benzene rings is 1. The standard InChI is InChI=1S/C21H25N3O5S/c1-15-5-7-17(8-6-15)23-18(25)12-24(2)19(26)13-29-20(27)4-3-10-22-21(28)16-9-11-30-14-16/h5-9,11,14H,3-4,10,12-13H2,1-2H3,(H,22,28)(H,23,25). The number of likely N-dealkylation sites (N-methyl/N-ethyl adjacent to an activating group) is 1. The summed E-state index contributed by atoms with van der Waals surface area (Å²) in [6, 6.07) is 9.02. The fourth-order valence-corrected chi connectivity index (χ4v) is 3.03. The summed E-state index contributed by atoms with van der Waals surface area (Å²) in [5.74, 6) is -1.55. The van der Waals surface area contributed by atoms with Gasteiger partial charge in [-0.15, -0.1) is 0 Å². The normalized spacial score (nSPS) is 10.2. The molecule has 0 saturated carbocycles. The Morgan fingerprint density at radius 3 is 2.50 bits per heavy atom. The summed E-state index contributed by atoms with van der Waals surface area (Å²) in [4.78, 5) is 48.8. The Hall–Kier alpha value is -3.20. The minimum atomic E-state index is -0.536. The minimum Gasteiger partial charge on any atom is -0.456 e. The molecule has 0 fully saturated rings. The van der Waals surface area contributed by atoms with E-state index >= 15 is 0 Å². The quantitative estimate of drug-likeness (QED) is 0.443. The summed E-state index contributed by atoms with van der Waals surface area (Å²) in [5, 5.41) is 8.96. The zero-order valence-electron chi connectivity index (χ0n) is 17.0. The zero-order valence-corrected chi connectivity index (χ0v) is 17.8. The number of esters is 1. The molecule has 1 aromatic carbocycles. The number of ether oxygens (including phenoxy) is 1. The molecule has 0 bridgehead atoms. The number of carbonyl (C=O) groups is 4. The number of rotatable bonds is 10. The second-order valence-electron chi connectivity index (χ2n) is 6.70. The molecule has 160 valence electrons. The maximum Gasteiger partial charge on any atom is 0.306 e. The highest BCUT2D eigenvalue weighted by atomic mass is 32.1. The molecule has 0 aliphatic carbocycles. The van der Waals surface area contributed by atoms with Crippen LogP contribution < -0.4 is 10.6 Å². The van der Waals surface area contributed by atoms with Crippen molar-refractivity contribution >= 4 is 40.7 Å². The topological polar surface area (TPSA) is 105 Å². The lowest BCUT2D eigenvalue weighted by atomic mass is 10.2. The van der Waals surface area contributed by atoms with E-state index in [2.05, 4.69) is 10.6 Å². The molecule has 0 atom stereocenters. The molecule has 2 aromatic rings. The van der Waals surface area contributed by atoms with E-state index in [1.807, 2.05) is 24.4 Å². The molecule has 0 aliphatic heterocycles. The number of thiophene rings is 1. The van der Waals surface area contributed by atoms with Gasteiger partial charge in [0.25, 0.3) is 11.8 Å². The highest BCUT2D eigenvalue weighted by Crippen LogP contribution is 2.08. The Balaban J connectivity index is 1.60. The monoisotopic (exact) mass is 431 g/mol. The molecule has 2 N–H and O–H groups in total. The SMILES string of the molecule is Cc1ccc(NC(=O)CN(C)C(=O)COC(=O)CCCNC(=O)c2ccsc2)cc1. The predicted octanol–water partition coefficient (Wildman–Crippen LogP) is 2.21. The van der Waals surface area contributed by atoms with Crippen LogP contribution in [0.25, 0.3) is 0 Å². The van der Waals surface area contributed by atoms with Gasteiger partial charge < -0.3 is 20.3 Å². The van der Waals surface area contributed by atoms with Crippen molar-refractivity contribution in [2.75, 3.05) is 32.1 Å². The molecule has 30 heavy (non-hydrogen) atoms. The highest BCUT2D eigenvalue weighted by Gasteiger charge is 2.15. The third-order valence-corrected chi connectivity index (χ3v) is 4.81. The predicted molar refractivity (Wildman–Crippen MR) is 114 cm³/mol. The van der Waals surface area contributed by atoms with Crippen molar-refractivity contribution in [3.63, 3.8) is 0 Å². The molecule has 3 amide bonds. The number of anilines is 1. The van der Waals surface area contributed by atoms with Crippen LogP contribution in [0.5, 0.6) is 0 Å². The number of aryl methyl sites for hydroxylation is 1. The summed E-state index contributed by atoms with van der Waals surface area (Å²) < 4.78 is 4.94. The van der Waals surface area contributed by atoms with Gasteiger partial charge in [-0.2, -0.15) is 11.3 Å². The number of hydrogen-bond donors (Lipinski definition) is 2. The Morgan fingerprint density at radius 2 is 1.83 bits per heavy atom. The van der Waals surface area contributed by atoms with E-state index in [-0.39, 0.29) is 24.8 Å². The first-order chi connectivity index (χ1) is 14.3. The highest BCUT2D eigenvalue weighted by molar-refractivity contribution is 7.08. The van der Waals surface area contributed by atoms with Crippen molar-refractivity contribution in [3.05, 3.63) is 52.2 Å².